The maximum Gasteiger partial charge on any atom is 0 e. The second-order valence-electron chi connectivity index (χ2n) is 2.81. The molecule has 0 aromatic rings. The SMILES string of the molecule is CC(C)C1=CC[N-]CC1.[Rh]. The van der Waals surface area contributed by atoms with Gasteiger partial charge in [-0.2, -0.15) is 0 Å². The van der Waals surface area contributed by atoms with Crippen molar-refractivity contribution in [3.05, 3.63) is 17.0 Å². The fraction of sp³-hybridized carbons (Fsp3) is 0.750. The number of nitrogens with zero attached hydrogens (tertiary/aromatic N) is 1. The molecule has 1 aliphatic heterocycles. The van der Waals surface area contributed by atoms with Crippen molar-refractivity contribution in [2.75, 3.05) is 13.1 Å². The molecule has 0 fully saturated rings. The van der Waals surface area contributed by atoms with E-state index in [1.165, 1.54) is 6.42 Å². The smallest absolute Gasteiger partial charge is 0 e. The van der Waals surface area contributed by atoms with Crippen LogP contribution in [0.4, 0.5) is 0 Å². The quantitative estimate of drug-likeness (QED) is 0.482. The minimum atomic E-state index is 0. The number of hydrogen-bond acceptors (Lipinski definition) is 0. The van der Waals surface area contributed by atoms with E-state index in [0.29, 0.717) is 0 Å². The summed E-state index contributed by atoms with van der Waals surface area (Å²) in [5, 5.41) is 4.23. The molecule has 61 valence electrons. The summed E-state index contributed by atoms with van der Waals surface area (Å²) in [4.78, 5) is 0. The molecule has 1 rings (SSSR count). The molecule has 0 saturated carbocycles. The van der Waals surface area contributed by atoms with E-state index in [1.54, 1.807) is 5.57 Å². The van der Waals surface area contributed by atoms with Crippen LogP contribution in [0.2, 0.25) is 0 Å². The molecule has 0 aliphatic carbocycles. The van der Waals surface area contributed by atoms with Crippen molar-refractivity contribution in [2.45, 2.75) is 20.3 Å². The van der Waals surface area contributed by atoms with Crippen LogP contribution in [0.1, 0.15) is 20.3 Å². The van der Waals surface area contributed by atoms with E-state index >= 15 is 0 Å². The monoisotopic (exact) mass is 227 g/mol. The van der Waals surface area contributed by atoms with Crippen LogP contribution in [-0.2, 0) is 19.5 Å². The summed E-state index contributed by atoms with van der Waals surface area (Å²) in [6, 6.07) is 0. The molecular weight excluding hydrogens is 213 g/mol. The maximum atomic E-state index is 4.23. The number of hydrogen-bond donors (Lipinski definition) is 0. The molecule has 0 atom stereocenters. The van der Waals surface area contributed by atoms with Gasteiger partial charge in [-0.25, -0.2) is 0 Å². The molecule has 1 aliphatic rings. The Morgan fingerprint density at radius 1 is 1.50 bits per heavy atom. The topological polar surface area (TPSA) is 14.1 Å². The van der Waals surface area contributed by atoms with Crippen LogP contribution in [0.5, 0.6) is 0 Å². The molecule has 0 saturated heterocycles. The third-order valence-corrected chi connectivity index (χ3v) is 1.78. The fourth-order valence-electron chi connectivity index (χ4n) is 1.11. The van der Waals surface area contributed by atoms with E-state index in [4.69, 9.17) is 0 Å². The minimum Gasteiger partial charge on any atom is -0.659 e. The Hall–Kier alpha value is 0.323. The van der Waals surface area contributed by atoms with Gasteiger partial charge < -0.3 is 5.32 Å². The average Bonchev–Trinajstić information content (AvgIpc) is 1.90. The molecule has 0 aromatic carbocycles. The van der Waals surface area contributed by atoms with Crippen LogP contribution < -0.4 is 0 Å². The van der Waals surface area contributed by atoms with Crippen LogP contribution in [0.3, 0.4) is 0 Å². The van der Waals surface area contributed by atoms with Gasteiger partial charge in [0.15, 0.2) is 0 Å². The minimum absolute atomic E-state index is 0. The zero-order valence-electron chi connectivity index (χ0n) is 6.56. The molecule has 1 nitrogen and oxygen atoms in total. The third kappa shape index (κ3) is 2.94. The summed E-state index contributed by atoms with van der Waals surface area (Å²) in [7, 11) is 0. The second-order valence-corrected chi connectivity index (χ2v) is 2.81. The van der Waals surface area contributed by atoms with E-state index in [9.17, 15) is 0 Å². The van der Waals surface area contributed by atoms with E-state index in [2.05, 4.69) is 25.2 Å². The first-order valence-corrected chi connectivity index (χ1v) is 3.63. The molecule has 0 unspecified atom stereocenters. The summed E-state index contributed by atoms with van der Waals surface area (Å²) in [5.41, 5.74) is 1.59. The first-order chi connectivity index (χ1) is 4.30. The zero-order chi connectivity index (χ0) is 6.69. The van der Waals surface area contributed by atoms with Crippen LogP contribution in [0.25, 0.3) is 5.32 Å². The second kappa shape index (κ2) is 5.04. The van der Waals surface area contributed by atoms with Gasteiger partial charge in [-0.15, -0.1) is 19.2 Å². The Balaban J connectivity index is 0.000000810. The van der Waals surface area contributed by atoms with E-state index in [-0.39, 0.29) is 19.5 Å². The molecule has 0 aromatic heterocycles. The van der Waals surface area contributed by atoms with Crippen molar-refractivity contribution in [3.63, 3.8) is 0 Å². The summed E-state index contributed by atoms with van der Waals surface area (Å²) in [6.45, 7) is 6.49. The van der Waals surface area contributed by atoms with Gasteiger partial charge in [0.05, 0.1) is 0 Å². The van der Waals surface area contributed by atoms with Crippen molar-refractivity contribution in [1.82, 2.24) is 0 Å². The van der Waals surface area contributed by atoms with Crippen molar-refractivity contribution in [3.8, 4) is 0 Å². The molecule has 0 N–H and O–H groups in total. The average molecular weight is 227 g/mol. The predicted octanol–water partition coefficient (Wildman–Crippen LogP) is 2.34. The largest absolute Gasteiger partial charge is 0.659 e. The van der Waals surface area contributed by atoms with Crippen molar-refractivity contribution < 1.29 is 19.5 Å². The van der Waals surface area contributed by atoms with Gasteiger partial charge in [0.1, 0.15) is 0 Å². The summed E-state index contributed by atoms with van der Waals surface area (Å²) in [6.07, 6.45) is 3.45. The maximum absolute atomic E-state index is 4.23. The summed E-state index contributed by atoms with van der Waals surface area (Å²) >= 11 is 0. The van der Waals surface area contributed by atoms with Gasteiger partial charge in [-0.05, 0) is 5.92 Å². The first-order valence-electron chi connectivity index (χ1n) is 3.63. The van der Waals surface area contributed by atoms with Crippen LogP contribution in [0, 0.1) is 5.92 Å². The standard InChI is InChI=1S/C8H14N.Rh/c1-7(2)8-3-5-9-6-4-8;/h3,7H,4-6H2,1-2H3;/q-1;. The van der Waals surface area contributed by atoms with E-state index in [1.807, 2.05) is 0 Å². The Bertz CT molecular complexity index is 118. The van der Waals surface area contributed by atoms with E-state index < -0.39 is 0 Å². The van der Waals surface area contributed by atoms with E-state index in [0.717, 1.165) is 19.0 Å². The first kappa shape index (κ1) is 10.3. The van der Waals surface area contributed by atoms with Gasteiger partial charge >= 0.3 is 0 Å². The molecule has 1 heterocycles. The molecule has 1 radical (unpaired) electrons. The molecule has 0 amide bonds. The van der Waals surface area contributed by atoms with Gasteiger partial charge in [0.25, 0.3) is 0 Å². The zero-order valence-corrected chi connectivity index (χ0v) is 8.20. The Morgan fingerprint density at radius 2 is 2.20 bits per heavy atom. The van der Waals surface area contributed by atoms with Crippen molar-refractivity contribution >= 4 is 0 Å². The van der Waals surface area contributed by atoms with Crippen LogP contribution >= 0.6 is 0 Å². The summed E-state index contributed by atoms with van der Waals surface area (Å²) < 4.78 is 0. The fourth-order valence-corrected chi connectivity index (χ4v) is 1.11. The molecule has 0 spiro atoms. The molecule has 0 bridgehead atoms. The summed E-state index contributed by atoms with van der Waals surface area (Å²) in [5.74, 6) is 0.737. The van der Waals surface area contributed by atoms with Gasteiger partial charge in [-0.1, -0.05) is 25.8 Å². The van der Waals surface area contributed by atoms with Gasteiger partial charge in [-0.3, -0.25) is 0 Å². The van der Waals surface area contributed by atoms with Gasteiger partial charge in [0, 0.05) is 19.5 Å². The molecule has 10 heavy (non-hydrogen) atoms. The van der Waals surface area contributed by atoms with Crippen molar-refractivity contribution in [1.29, 1.82) is 0 Å². The predicted molar refractivity (Wildman–Crippen MR) is 40.6 cm³/mol. The third-order valence-electron chi connectivity index (χ3n) is 1.78. The van der Waals surface area contributed by atoms with Gasteiger partial charge in [0.2, 0.25) is 0 Å². The molecular formula is C8H14NRh-. The molecule has 2 heteroatoms. The number of rotatable bonds is 1. The Morgan fingerprint density at radius 3 is 2.50 bits per heavy atom. The van der Waals surface area contributed by atoms with Crippen LogP contribution in [-0.4, -0.2) is 13.1 Å². The van der Waals surface area contributed by atoms with Crippen LogP contribution in [0.15, 0.2) is 11.6 Å². The van der Waals surface area contributed by atoms with Crippen molar-refractivity contribution in [2.24, 2.45) is 5.92 Å². The Kier molecular flexibility index (Phi) is 5.20. The Labute approximate surface area is 76.0 Å². The normalized spacial score (nSPS) is 18.1.